The molecule has 2 aromatic carbocycles. The minimum absolute atomic E-state index is 0. The molecule has 0 aliphatic rings. The van der Waals surface area contributed by atoms with Gasteiger partial charge >= 0.3 is 71.1 Å². The molecule has 0 heterocycles. The van der Waals surface area contributed by atoms with E-state index in [2.05, 4.69) is 0 Å². The Kier molecular flexibility index (Phi) is 14.0. The van der Waals surface area contributed by atoms with Crippen LogP contribution < -0.4 is 11.5 Å². The van der Waals surface area contributed by atoms with Crippen molar-refractivity contribution in [2.24, 2.45) is 0 Å². The zero-order valence-electron chi connectivity index (χ0n) is 11.9. The molecule has 0 aliphatic heterocycles. The summed E-state index contributed by atoms with van der Waals surface area (Å²) in [6, 6.07) is 15.6. The second kappa shape index (κ2) is 13.3. The van der Waals surface area contributed by atoms with Crippen LogP contribution in [0.1, 0.15) is 12.8 Å². The van der Waals surface area contributed by atoms with Gasteiger partial charge in [0, 0.05) is 11.4 Å². The number of carboxylic acids is 2. The van der Waals surface area contributed by atoms with E-state index >= 15 is 0 Å². The van der Waals surface area contributed by atoms with Crippen molar-refractivity contribution in [3.05, 3.63) is 48.5 Å². The molecular formula is C16H20N2Na2O4. The molecule has 0 saturated carbocycles. The van der Waals surface area contributed by atoms with Crippen molar-refractivity contribution in [3.8, 4) is 11.1 Å². The molecule has 2 aromatic rings. The number of anilines is 2. The normalized spacial score (nSPS) is 8.67. The molecule has 24 heavy (non-hydrogen) atoms. The summed E-state index contributed by atoms with van der Waals surface area (Å²) >= 11 is 0. The summed E-state index contributed by atoms with van der Waals surface area (Å²) in [6.45, 7) is 0. The van der Waals surface area contributed by atoms with E-state index in [1.54, 1.807) is 0 Å². The predicted molar refractivity (Wildman–Crippen MR) is 99.5 cm³/mol. The molecule has 120 valence electrons. The van der Waals surface area contributed by atoms with Crippen LogP contribution >= 0.6 is 0 Å². The first-order chi connectivity index (χ1) is 10.4. The summed E-state index contributed by atoms with van der Waals surface area (Å²) < 4.78 is 0. The van der Waals surface area contributed by atoms with Crippen LogP contribution in [0.15, 0.2) is 48.5 Å². The quantitative estimate of drug-likeness (QED) is 0.484. The first-order valence-corrected chi connectivity index (χ1v) is 6.53. The third kappa shape index (κ3) is 10.7. The summed E-state index contributed by atoms with van der Waals surface area (Å²) in [5, 5.41) is 15.8. The van der Waals surface area contributed by atoms with E-state index in [4.69, 9.17) is 21.7 Å². The topological polar surface area (TPSA) is 127 Å². The standard InChI is InChI=1S/C12H12N2.C4H6O4.2Na.2H/c13-11-5-1-9(2-6-11)10-3-7-12(14)8-4-10;5-3(6)1-2-4(7)8;;;;/h1-8H,13-14H2;1-2H2,(H,5,6)(H,7,8);;;;. The number of aliphatic carboxylic acids is 2. The van der Waals surface area contributed by atoms with Crippen molar-refractivity contribution >= 4 is 82.4 Å². The molecule has 0 saturated heterocycles. The second-order valence-corrected chi connectivity index (χ2v) is 4.53. The van der Waals surface area contributed by atoms with Gasteiger partial charge in [-0.15, -0.1) is 0 Å². The molecule has 0 aliphatic carbocycles. The molecular weight excluding hydrogens is 330 g/mol. The van der Waals surface area contributed by atoms with Gasteiger partial charge in [-0.05, 0) is 35.4 Å². The summed E-state index contributed by atoms with van der Waals surface area (Å²) in [6.07, 6.45) is -0.593. The molecule has 0 spiro atoms. The summed E-state index contributed by atoms with van der Waals surface area (Å²) in [4.78, 5) is 19.3. The van der Waals surface area contributed by atoms with Gasteiger partial charge in [-0.3, -0.25) is 9.59 Å². The zero-order valence-corrected chi connectivity index (χ0v) is 11.9. The molecule has 8 heteroatoms. The van der Waals surface area contributed by atoms with E-state index in [0.29, 0.717) is 0 Å². The zero-order chi connectivity index (χ0) is 16.5. The molecule has 0 radical (unpaired) electrons. The van der Waals surface area contributed by atoms with E-state index in [1.165, 1.54) is 0 Å². The number of nitrogen functional groups attached to an aromatic ring is 2. The van der Waals surface area contributed by atoms with E-state index in [9.17, 15) is 9.59 Å². The Balaban J connectivity index is 0. The molecule has 0 atom stereocenters. The van der Waals surface area contributed by atoms with Gasteiger partial charge in [-0.1, -0.05) is 24.3 Å². The van der Waals surface area contributed by atoms with Gasteiger partial charge in [0.15, 0.2) is 0 Å². The van der Waals surface area contributed by atoms with Crippen molar-refractivity contribution in [2.45, 2.75) is 12.8 Å². The second-order valence-electron chi connectivity index (χ2n) is 4.53. The molecule has 0 fully saturated rings. The van der Waals surface area contributed by atoms with Gasteiger partial charge < -0.3 is 21.7 Å². The number of hydrogen-bond acceptors (Lipinski definition) is 4. The third-order valence-corrected chi connectivity index (χ3v) is 2.71. The summed E-state index contributed by atoms with van der Waals surface area (Å²) in [7, 11) is 0. The Morgan fingerprint density at radius 1 is 0.667 bits per heavy atom. The van der Waals surface area contributed by atoms with E-state index in [0.717, 1.165) is 22.5 Å². The molecule has 0 bridgehead atoms. The van der Waals surface area contributed by atoms with E-state index in [-0.39, 0.29) is 72.0 Å². The number of rotatable bonds is 4. The SMILES string of the molecule is Nc1ccc(-c2ccc(N)cc2)cc1.O=C(O)CCC(=O)O.[NaH].[NaH]. The molecule has 0 aromatic heterocycles. The van der Waals surface area contributed by atoms with Crippen LogP contribution in [-0.2, 0) is 9.59 Å². The van der Waals surface area contributed by atoms with Crippen molar-refractivity contribution < 1.29 is 19.8 Å². The fraction of sp³-hybridized carbons (Fsp3) is 0.125. The first kappa shape index (κ1) is 25.2. The fourth-order valence-electron chi connectivity index (χ4n) is 1.57. The van der Waals surface area contributed by atoms with Crippen molar-refractivity contribution in [1.29, 1.82) is 0 Å². The Bertz CT molecular complexity index is 574. The predicted octanol–water partition coefficient (Wildman–Crippen LogP) is 1.16. The Hall–Kier alpha value is -1.02. The first-order valence-electron chi connectivity index (χ1n) is 6.53. The van der Waals surface area contributed by atoms with Gasteiger partial charge in [0.2, 0.25) is 0 Å². The number of carboxylic acid groups (broad SMARTS) is 2. The van der Waals surface area contributed by atoms with Gasteiger partial charge in [-0.25, -0.2) is 0 Å². The van der Waals surface area contributed by atoms with Crippen molar-refractivity contribution in [3.63, 3.8) is 0 Å². The van der Waals surface area contributed by atoms with Crippen LogP contribution in [0.5, 0.6) is 0 Å². The fourth-order valence-corrected chi connectivity index (χ4v) is 1.57. The minimum atomic E-state index is -1.08. The summed E-state index contributed by atoms with van der Waals surface area (Å²) in [5.74, 6) is -2.15. The Labute approximate surface area is 184 Å². The average molecular weight is 350 g/mol. The maximum atomic E-state index is 9.64. The van der Waals surface area contributed by atoms with Crippen LogP contribution in [0.4, 0.5) is 11.4 Å². The van der Waals surface area contributed by atoms with Gasteiger partial charge in [0.1, 0.15) is 0 Å². The van der Waals surface area contributed by atoms with Crippen LogP contribution in [0.3, 0.4) is 0 Å². The van der Waals surface area contributed by atoms with Gasteiger partial charge in [0.05, 0.1) is 12.8 Å². The molecule has 6 N–H and O–H groups in total. The van der Waals surface area contributed by atoms with Crippen LogP contribution in [0.25, 0.3) is 11.1 Å². The van der Waals surface area contributed by atoms with Crippen LogP contribution in [0, 0.1) is 0 Å². The third-order valence-electron chi connectivity index (χ3n) is 2.71. The van der Waals surface area contributed by atoms with Gasteiger partial charge in [-0.2, -0.15) is 0 Å². The van der Waals surface area contributed by atoms with E-state index < -0.39 is 11.9 Å². The Morgan fingerprint density at radius 2 is 0.917 bits per heavy atom. The van der Waals surface area contributed by atoms with Crippen molar-refractivity contribution in [2.75, 3.05) is 11.5 Å². The number of carbonyl (C=O) groups is 2. The maximum absolute atomic E-state index is 9.64. The van der Waals surface area contributed by atoms with Crippen LogP contribution in [0.2, 0.25) is 0 Å². The summed E-state index contributed by atoms with van der Waals surface area (Å²) in [5.41, 5.74) is 15.1. The van der Waals surface area contributed by atoms with Gasteiger partial charge in [0.25, 0.3) is 0 Å². The molecule has 6 nitrogen and oxygen atoms in total. The average Bonchev–Trinajstić information content (AvgIpc) is 2.48. The van der Waals surface area contributed by atoms with E-state index in [1.807, 2.05) is 48.5 Å². The van der Waals surface area contributed by atoms with Crippen molar-refractivity contribution in [1.82, 2.24) is 0 Å². The molecule has 2 rings (SSSR count). The monoisotopic (exact) mass is 350 g/mol. The molecule has 0 unspecified atom stereocenters. The Morgan fingerprint density at radius 3 is 1.12 bits per heavy atom. The number of hydrogen-bond donors (Lipinski definition) is 4. The molecule has 0 amide bonds. The van der Waals surface area contributed by atoms with Crippen LogP contribution in [-0.4, -0.2) is 81.3 Å². The number of nitrogens with two attached hydrogens (primary N) is 2. The number of benzene rings is 2.